The fourth-order valence-corrected chi connectivity index (χ4v) is 3.91. The van der Waals surface area contributed by atoms with Crippen LogP contribution in [0, 0.1) is 0 Å². The quantitative estimate of drug-likeness (QED) is 0.527. The van der Waals surface area contributed by atoms with Crippen molar-refractivity contribution in [3.63, 3.8) is 0 Å². The summed E-state index contributed by atoms with van der Waals surface area (Å²) in [6, 6.07) is 9.02. The van der Waals surface area contributed by atoms with Crippen LogP contribution in [0.15, 0.2) is 36.4 Å². The molecule has 35 heavy (non-hydrogen) atoms. The first-order valence-corrected chi connectivity index (χ1v) is 11.6. The molecule has 0 radical (unpaired) electrons. The van der Waals surface area contributed by atoms with Crippen molar-refractivity contribution in [2.45, 2.75) is 26.6 Å². The van der Waals surface area contributed by atoms with E-state index in [9.17, 15) is 18.0 Å². The molecule has 1 amide bonds. The van der Waals surface area contributed by atoms with Gasteiger partial charge in [0.25, 0.3) is 0 Å². The Balaban J connectivity index is 1.74. The van der Waals surface area contributed by atoms with E-state index in [0.717, 1.165) is 17.7 Å². The lowest BCUT2D eigenvalue weighted by molar-refractivity contribution is -0.137. The van der Waals surface area contributed by atoms with Crippen LogP contribution in [0.5, 0.6) is 11.5 Å². The number of hydrogen-bond donors (Lipinski definition) is 1. The Morgan fingerprint density at radius 3 is 2.49 bits per heavy atom. The van der Waals surface area contributed by atoms with Gasteiger partial charge >= 0.3 is 6.18 Å². The molecule has 1 N–H and O–H groups in total. The molecule has 0 unspecified atom stereocenters. The lowest BCUT2D eigenvalue weighted by Gasteiger charge is -2.31. The number of nitrogens with one attached hydrogen (secondary N) is 1. The molecule has 0 saturated carbocycles. The van der Waals surface area contributed by atoms with Gasteiger partial charge in [0.05, 0.1) is 50.4 Å². The molecule has 0 bridgehead atoms. The van der Waals surface area contributed by atoms with Gasteiger partial charge in [0, 0.05) is 19.6 Å². The predicted octanol–water partition coefficient (Wildman–Crippen LogP) is 4.41. The highest BCUT2D eigenvalue weighted by Crippen LogP contribution is 2.36. The first-order chi connectivity index (χ1) is 16.7. The summed E-state index contributed by atoms with van der Waals surface area (Å²) < 4.78 is 56.3. The minimum atomic E-state index is -4.51. The smallest absolute Gasteiger partial charge is 0.416 e. The van der Waals surface area contributed by atoms with Gasteiger partial charge in [-0.25, -0.2) is 0 Å². The van der Waals surface area contributed by atoms with Gasteiger partial charge in [0.2, 0.25) is 5.91 Å². The SMILES string of the molecule is CCOc1ccc(CN(CC)CC(=O)Nc2cc(C(F)(F)F)ccc2N2CCOCC2)cc1OC. The highest BCUT2D eigenvalue weighted by Gasteiger charge is 2.32. The molecule has 10 heteroatoms. The molecule has 3 rings (SSSR count). The zero-order chi connectivity index (χ0) is 25.4. The monoisotopic (exact) mass is 495 g/mol. The topological polar surface area (TPSA) is 63.3 Å². The van der Waals surface area contributed by atoms with Crippen LogP contribution >= 0.6 is 0 Å². The molecule has 7 nitrogen and oxygen atoms in total. The normalized spacial score (nSPS) is 14.2. The van der Waals surface area contributed by atoms with Gasteiger partial charge in [0.15, 0.2) is 11.5 Å². The number of anilines is 2. The van der Waals surface area contributed by atoms with Gasteiger partial charge < -0.3 is 24.4 Å². The van der Waals surface area contributed by atoms with E-state index in [-0.39, 0.29) is 12.2 Å². The van der Waals surface area contributed by atoms with Crippen LogP contribution in [0.2, 0.25) is 0 Å². The molecular formula is C25H32F3N3O4. The van der Waals surface area contributed by atoms with Crippen LogP contribution in [-0.2, 0) is 22.3 Å². The van der Waals surface area contributed by atoms with Crippen molar-refractivity contribution in [3.8, 4) is 11.5 Å². The molecular weight excluding hydrogens is 463 g/mol. The van der Waals surface area contributed by atoms with E-state index in [1.165, 1.54) is 6.07 Å². The number of carbonyl (C=O) groups excluding carboxylic acids is 1. The number of carbonyl (C=O) groups is 1. The minimum absolute atomic E-state index is 0.0187. The van der Waals surface area contributed by atoms with E-state index in [0.29, 0.717) is 63.2 Å². The number of likely N-dealkylation sites (N-methyl/N-ethyl adjacent to an activating group) is 1. The third-order valence-electron chi connectivity index (χ3n) is 5.70. The molecule has 1 fully saturated rings. The minimum Gasteiger partial charge on any atom is -0.493 e. The summed E-state index contributed by atoms with van der Waals surface area (Å²) in [5.74, 6) is 0.849. The second-order valence-electron chi connectivity index (χ2n) is 8.10. The number of morpholine rings is 1. The average molecular weight is 496 g/mol. The molecule has 0 aromatic heterocycles. The molecule has 1 aliphatic rings. The van der Waals surface area contributed by atoms with E-state index < -0.39 is 17.6 Å². The van der Waals surface area contributed by atoms with Gasteiger partial charge in [-0.15, -0.1) is 0 Å². The highest BCUT2D eigenvalue weighted by molar-refractivity contribution is 5.95. The Morgan fingerprint density at radius 2 is 1.86 bits per heavy atom. The van der Waals surface area contributed by atoms with E-state index >= 15 is 0 Å². The van der Waals surface area contributed by atoms with Crippen molar-refractivity contribution in [2.24, 2.45) is 0 Å². The number of amides is 1. The highest BCUT2D eigenvalue weighted by atomic mass is 19.4. The third kappa shape index (κ3) is 7.25. The Labute approximate surface area is 203 Å². The van der Waals surface area contributed by atoms with Crippen molar-refractivity contribution in [2.75, 3.05) is 63.3 Å². The van der Waals surface area contributed by atoms with Crippen molar-refractivity contribution in [1.29, 1.82) is 0 Å². The van der Waals surface area contributed by atoms with Crippen molar-refractivity contribution in [3.05, 3.63) is 47.5 Å². The largest absolute Gasteiger partial charge is 0.493 e. The molecule has 2 aromatic rings. The maximum atomic E-state index is 13.4. The lowest BCUT2D eigenvalue weighted by atomic mass is 10.1. The van der Waals surface area contributed by atoms with Crippen molar-refractivity contribution < 1.29 is 32.2 Å². The third-order valence-corrected chi connectivity index (χ3v) is 5.70. The van der Waals surface area contributed by atoms with Gasteiger partial charge in [-0.1, -0.05) is 13.0 Å². The number of benzene rings is 2. The number of hydrogen-bond acceptors (Lipinski definition) is 6. The van der Waals surface area contributed by atoms with Crippen LogP contribution in [0.3, 0.4) is 0 Å². The maximum Gasteiger partial charge on any atom is 0.416 e. The second-order valence-corrected chi connectivity index (χ2v) is 8.10. The molecule has 0 aliphatic carbocycles. The first-order valence-electron chi connectivity index (χ1n) is 11.6. The van der Waals surface area contributed by atoms with Crippen LogP contribution in [0.1, 0.15) is 25.0 Å². The zero-order valence-corrected chi connectivity index (χ0v) is 20.3. The molecule has 0 atom stereocenters. The number of ether oxygens (including phenoxy) is 3. The second kappa shape index (κ2) is 12.1. The maximum absolute atomic E-state index is 13.4. The fraction of sp³-hybridized carbons (Fsp3) is 0.480. The van der Waals surface area contributed by atoms with E-state index in [4.69, 9.17) is 14.2 Å². The summed E-state index contributed by atoms with van der Waals surface area (Å²) in [5, 5.41) is 2.71. The Kier molecular flexibility index (Phi) is 9.22. The summed E-state index contributed by atoms with van der Waals surface area (Å²) in [6.07, 6.45) is -4.51. The molecule has 192 valence electrons. The summed E-state index contributed by atoms with van der Waals surface area (Å²) in [4.78, 5) is 16.7. The number of halogens is 3. The Morgan fingerprint density at radius 1 is 1.11 bits per heavy atom. The number of nitrogens with zero attached hydrogens (tertiary/aromatic N) is 2. The summed E-state index contributed by atoms with van der Waals surface area (Å²) >= 11 is 0. The molecule has 2 aromatic carbocycles. The van der Waals surface area contributed by atoms with Crippen LogP contribution < -0.4 is 19.7 Å². The van der Waals surface area contributed by atoms with E-state index in [1.807, 2.05) is 41.8 Å². The number of methoxy groups -OCH3 is 1. The summed E-state index contributed by atoms with van der Waals surface area (Å²) in [6.45, 7) is 7.40. The predicted molar refractivity (Wildman–Crippen MR) is 128 cm³/mol. The molecule has 1 heterocycles. The van der Waals surface area contributed by atoms with Gasteiger partial charge in [-0.2, -0.15) is 13.2 Å². The van der Waals surface area contributed by atoms with Crippen LogP contribution in [0.25, 0.3) is 0 Å². The standard InChI is InChI=1S/C25H32F3N3O4/c1-4-30(16-18-6-9-22(35-5-2)23(14-18)33-3)17-24(32)29-20-15-19(25(26,27)28)7-8-21(20)31-10-12-34-13-11-31/h6-9,14-15H,4-5,10-13,16-17H2,1-3H3,(H,29,32). The van der Waals surface area contributed by atoms with Gasteiger partial charge in [0.1, 0.15) is 0 Å². The fourth-order valence-electron chi connectivity index (χ4n) is 3.91. The Hall–Kier alpha value is -2.98. The van der Waals surface area contributed by atoms with Crippen molar-refractivity contribution in [1.82, 2.24) is 4.90 Å². The van der Waals surface area contributed by atoms with Crippen LogP contribution in [-0.4, -0.2) is 63.9 Å². The summed E-state index contributed by atoms with van der Waals surface area (Å²) in [7, 11) is 1.56. The van der Waals surface area contributed by atoms with Gasteiger partial charge in [-0.05, 0) is 49.4 Å². The van der Waals surface area contributed by atoms with E-state index in [2.05, 4.69) is 5.32 Å². The Bertz CT molecular complexity index is 994. The molecule has 0 spiro atoms. The first kappa shape index (κ1) is 26.6. The average Bonchev–Trinajstić information content (AvgIpc) is 2.84. The van der Waals surface area contributed by atoms with Gasteiger partial charge in [-0.3, -0.25) is 9.69 Å². The van der Waals surface area contributed by atoms with Crippen molar-refractivity contribution >= 4 is 17.3 Å². The molecule has 1 aliphatic heterocycles. The van der Waals surface area contributed by atoms with E-state index in [1.54, 1.807) is 7.11 Å². The van der Waals surface area contributed by atoms with Crippen LogP contribution in [0.4, 0.5) is 24.5 Å². The number of alkyl halides is 3. The summed E-state index contributed by atoms with van der Waals surface area (Å²) in [5.41, 5.74) is 0.811. The zero-order valence-electron chi connectivity index (χ0n) is 20.3. The number of rotatable bonds is 10. The molecule has 1 saturated heterocycles. The lowest BCUT2D eigenvalue weighted by Crippen LogP contribution is -2.37.